The van der Waals surface area contributed by atoms with Crippen molar-refractivity contribution in [1.82, 2.24) is 14.7 Å². The van der Waals surface area contributed by atoms with Crippen molar-refractivity contribution in [3.05, 3.63) is 65.7 Å². The first-order chi connectivity index (χ1) is 12.7. The number of fused-ring (bicyclic) bond motifs is 1. The summed E-state index contributed by atoms with van der Waals surface area (Å²) in [6.45, 7) is 1.67. The van der Waals surface area contributed by atoms with E-state index < -0.39 is 0 Å². The van der Waals surface area contributed by atoms with Gasteiger partial charge in [-0.2, -0.15) is 5.10 Å². The molecule has 0 saturated carbocycles. The van der Waals surface area contributed by atoms with E-state index in [4.69, 9.17) is 9.15 Å². The second-order valence-electron chi connectivity index (χ2n) is 6.12. The van der Waals surface area contributed by atoms with Crippen LogP contribution in [0.2, 0.25) is 0 Å². The van der Waals surface area contributed by atoms with E-state index >= 15 is 0 Å². The van der Waals surface area contributed by atoms with Gasteiger partial charge < -0.3 is 19.2 Å². The second-order valence-corrected chi connectivity index (χ2v) is 6.12. The van der Waals surface area contributed by atoms with E-state index in [-0.39, 0.29) is 24.2 Å². The Balaban J connectivity index is 1.49. The lowest BCUT2D eigenvalue weighted by Crippen LogP contribution is -2.30. The van der Waals surface area contributed by atoms with Crippen LogP contribution in [0.4, 0.5) is 0 Å². The molecular formula is C19H19N3O4. The highest BCUT2D eigenvalue weighted by atomic mass is 16.6. The number of carbonyl (C=O) groups is 1. The van der Waals surface area contributed by atoms with E-state index in [0.29, 0.717) is 24.5 Å². The Labute approximate surface area is 150 Å². The highest BCUT2D eigenvalue weighted by Gasteiger charge is 2.24. The molecule has 134 valence electrons. The quantitative estimate of drug-likeness (QED) is 0.780. The van der Waals surface area contributed by atoms with Crippen LogP contribution >= 0.6 is 0 Å². The van der Waals surface area contributed by atoms with Gasteiger partial charge >= 0.3 is 0 Å². The van der Waals surface area contributed by atoms with Crippen LogP contribution < -0.4 is 4.74 Å². The summed E-state index contributed by atoms with van der Waals surface area (Å²) in [6.07, 6.45) is 0.791. The number of hydrogen-bond donors (Lipinski definition) is 1. The zero-order chi connectivity index (χ0) is 17.9. The van der Waals surface area contributed by atoms with Gasteiger partial charge in [-0.3, -0.25) is 9.48 Å². The van der Waals surface area contributed by atoms with Crippen LogP contribution in [0, 0.1) is 0 Å². The highest BCUT2D eigenvalue weighted by Crippen LogP contribution is 2.25. The van der Waals surface area contributed by atoms with Gasteiger partial charge in [0, 0.05) is 19.2 Å². The third kappa shape index (κ3) is 3.34. The lowest BCUT2D eigenvalue weighted by Gasteiger charge is -2.18. The maximum Gasteiger partial charge on any atom is 0.290 e. The van der Waals surface area contributed by atoms with E-state index in [9.17, 15) is 9.90 Å². The van der Waals surface area contributed by atoms with Crippen molar-refractivity contribution >= 4 is 5.91 Å². The third-order valence-corrected chi connectivity index (χ3v) is 4.27. The molecule has 26 heavy (non-hydrogen) atoms. The number of nitrogens with zero attached hydrogens (tertiary/aromatic N) is 3. The summed E-state index contributed by atoms with van der Waals surface area (Å²) in [4.78, 5) is 14.5. The molecule has 0 fully saturated rings. The summed E-state index contributed by atoms with van der Waals surface area (Å²) in [5, 5.41) is 13.6. The van der Waals surface area contributed by atoms with Crippen LogP contribution in [0.3, 0.4) is 0 Å². The molecule has 0 radical (unpaired) electrons. The first-order valence-corrected chi connectivity index (χ1v) is 8.51. The molecule has 1 amide bonds. The lowest BCUT2D eigenvalue weighted by molar-refractivity contribution is 0.0708. The van der Waals surface area contributed by atoms with Crippen molar-refractivity contribution in [1.29, 1.82) is 0 Å². The largest absolute Gasteiger partial charge is 0.426 e. The van der Waals surface area contributed by atoms with Crippen molar-refractivity contribution in [3.8, 4) is 11.7 Å². The molecule has 0 spiro atoms. The van der Waals surface area contributed by atoms with E-state index in [0.717, 1.165) is 18.7 Å². The van der Waals surface area contributed by atoms with Crippen molar-refractivity contribution in [2.45, 2.75) is 26.1 Å². The average molecular weight is 353 g/mol. The number of carbonyl (C=O) groups excluding carboxylic acids is 1. The Hall–Kier alpha value is -3.06. The average Bonchev–Trinajstić information content (AvgIpc) is 3.23. The summed E-state index contributed by atoms with van der Waals surface area (Å²) in [5.41, 5.74) is 1.53. The molecule has 1 N–H and O–H groups in total. The van der Waals surface area contributed by atoms with Crippen molar-refractivity contribution in [2.24, 2.45) is 0 Å². The zero-order valence-corrected chi connectivity index (χ0v) is 14.2. The number of aryl methyl sites for hydroxylation is 1. The molecule has 3 heterocycles. The molecule has 1 aromatic carbocycles. The molecule has 7 heteroatoms. The van der Waals surface area contributed by atoms with Gasteiger partial charge in [-0.1, -0.05) is 18.2 Å². The lowest BCUT2D eigenvalue weighted by atomic mass is 10.3. The maximum absolute atomic E-state index is 12.8. The number of aliphatic hydroxyl groups excluding tert-OH is 1. The molecule has 0 bridgehead atoms. The molecule has 4 rings (SSSR count). The summed E-state index contributed by atoms with van der Waals surface area (Å²) < 4.78 is 13.1. The molecule has 1 aliphatic heterocycles. The highest BCUT2D eigenvalue weighted by molar-refractivity contribution is 5.91. The molecule has 0 atom stereocenters. The Kier molecular flexibility index (Phi) is 4.45. The Bertz CT molecular complexity index is 901. The number of amides is 1. The minimum atomic E-state index is -0.187. The first kappa shape index (κ1) is 16.4. The number of furan rings is 1. The topological polar surface area (TPSA) is 80.7 Å². The SMILES string of the molecule is O=C(c1ccc(Oc2ccccc2)o1)N1CCCn2nc(CO)cc2C1. The van der Waals surface area contributed by atoms with Crippen molar-refractivity contribution < 1.29 is 19.1 Å². The van der Waals surface area contributed by atoms with Gasteiger partial charge in [-0.05, 0) is 30.7 Å². The Morgan fingerprint density at radius 2 is 2.04 bits per heavy atom. The van der Waals surface area contributed by atoms with Crippen LogP contribution in [0.5, 0.6) is 11.7 Å². The molecule has 0 aliphatic carbocycles. The van der Waals surface area contributed by atoms with Gasteiger partial charge in [0.2, 0.25) is 0 Å². The van der Waals surface area contributed by atoms with E-state index in [1.54, 1.807) is 17.0 Å². The maximum atomic E-state index is 12.8. The van der Waals surface area contributed by atoms with E-state index in [2.05, 4.69) is 5.10 Å². The van der Waals surface area contributed by atoms with Gasteiger partial charge in [-0.25, -0.2) is 0 Å². The van der Waals surface area contributed by atoms with Gasteiger partial charge in [-0.15, -0.1) is 0 Å². The minimum Gasteiger partial charge on any atom is -0.426 e. The fraction of sp³-hybridized carbons (Fsp3) is 0.263. The van der Waals surface area contributed by atoms with Gasteiger partial charge in [0.25, 0.3) is 11.9 Å². The fourth-order valence-electron chi connectivity index (χ4n) is 3.02. The fourth-order valence-corrected chi connectivity index (χ4v) is 3.02. The van der Waals surface area contributed by atoms with E-state index in [1.165, 1.54) is 0 Å². The second kappa shape index (κ2) is 7.05. The van der Waals surface area contributed by atoms with Gasteiger partial charge in [0.15, 0.2) is 5.76 Å². The smallest absolute Gasteiger partial charge is 0.290 e. The van der Waals surface area contributed by atoms with Crippen LogP contribution in [0.25, 0.3) is 0 Å². The number of aliphatic hydroxyl groups is 1. The number of ether oxygens (including phenoxy) is 1. The van der Waals surface area contributed by atoms with Crippen molar-refractivity contribution in [3.63, 3.8) is 0 Å². The Morgan fingerprint density at radius 1 is 1.19 bits per heavy atom. The van der Waals surface area contributed by atoms with Crippen molar-refractivity contribution in [2.75, 3.05) is 6.54 Å². The van der Waals surface area contributed by atoms with E-state index in [1.807, 2.05) is 41.1 Å². The number of para-hydroxylation sites is 1. The third-order valence-electron chi connectivity index (χ3n) is 4.27. The summed E-state index contributed by atoms with van der Waals surface area (Å²) in [6, 6.07) is 14.4. The Morgan fingerprint density at radius 3 is 2.85 bits per heavy atom. The summed E-state index contributed by atoms with van der Waals surface area (Å²) in [5.74, 6) is 0.984. The minimum absolute atomic E-state index is 0.105. The molecule has 0 saturated heterocycles. The van der Waals surface area contributed by atoms with Gasteiger partial charge in [0.05, 0.1) is 24.5 Å². The van der Waals surface area contributed by atoms with Crippen LogP contribution in [-0.4, -0.2) is 32.2 Å². The number of rotatable bonds is 4. The zero-order valence-electron chi connectivity index (χ0n) is 14.2. The first-order valence-electron chi connectivity index (χ1n) is 8.51. The van der Waals surface area contributed by atoms with Crippen LogP contribution in [0.1, 0.15) is 28.4 Å². The molecule has 1 aliphatic rings. The molecule has 2 aromatic heterocycles. The number of benzene rings is 1. The predicted molar refractivity (Wildman–Crippen MR) is 92.7 cm³/mol. The van der Waals surface area contributed by atoms with Crippen LogP contribution in [-0.2, 0) is 19.7 Å². The standard InChI is InChI=1S/C19H19N3O4/c23-13-14-11-15-12-21(9-4-10-22(15)20-14)19(24)17-7-8-18(26-17)25-16-5-2-1-3-6-16/h1-3,5-8,11,23H,4,9-10,12-13H2. The predicted octanol–water partition coefficient (Wildman–Crippen LogP) is 2.81. The summed E-state index contributed by atoms with van der Waals surface area (Å²) >= 11 is 0. The molecule has 0 unspecified atom stereocenters. The monoisotopic (exact) mass is 353 g/mol. The molecular weight excluding hydrogens is 334 g/mol. The molecule has 3 aromatic rings. The molecule has 7 nitrogen and oxygen atoms in total. The number of aromatic nitrogens is 2. The van der Waals surface area contributed by atoms with Gasteiger partial charge in [0.1, 0.15) is 5.75 Å². The van der Waals surface area contributed by atoms with Crippen LogP contribution in [0.15, 0.2) is 52.9 Å². The normalized spacial score (nSPS) is 14.0. The summed E-state index contributed by atoms with van der Waals surface area (Å²) in [7, 11) is 0. The number of hydrogen-bond acceptors (Lipinski definition) is 5.